The van der Waals surface area contributed by atoms with Gasteiger partial charge in [-0.2, -0.15) is 13.2 Å². The lowest BCUT2D eigenvalue weighted by atomic mass is 10.2. The van der Waals surface area contributed by atoms with Gasteiger partial charge in [-0.1, -0.05) is 0 Å². The third-order valence-electron chi connectivity index (χ3n) is 4.24. The number of hydrogen-bond acceptors (Lipinski definition) is 5. The maximum Gasteiger partial charge on any atom is 0.390 e. The third-order valence-corrected chi connectivity index (χ3v) is 6.36. The van der Waals surface area contributed by atoms with Crippen LogP contribution in [0.1, 0.15) is 29.1 Å². The number of thioether (sulfide) groups is 1. The van der Waals surface area contributed by atoms with Gasteiger partial charge in [-0.05, 0) is 24.8 Å². The van der Waals surface area contributed by atoms with E-state index in [0.29, 0.717) is 17.0 Å². The number of aryl methyl sites for hydroxylation is 2. The number of aromatic amines is 1. The van der Waals surface area contributed by atoms with Gasteiger partial charge in [0.2, 0.25) is 5.91 Å². The number of alkyl halides is 3. The number of aromatic nitrogens is 2. The van der Waals surface area contributed by atoms with Crippen LogP contribution in [0.5, 0.6) is 0 Å². The van der Waals surface area contributed by atoms with Crippen LogP contribution in [-0.2, 0) is 23.4 Å². The van der Waals surface area contributed by atoms with E-state index < -0.39 is 12.6 Å². The van der Waals surface area contributed by atoms with E-state index >= 15 is 0 Å². The summed E-state index contributed by atoms with van der Waals surface area (Å²) in [6.07, 6.45) is -2.33. The molecule has 0 saturated heterocycles. The highest BCUT2D eigenvalue weighted by Crippen LogP contribution is 2.34. The summed E-state index contributed by atoms with van der Waals surface area (Å²) in [5, 5.41) is 0.680. The van der Waals surface area contributed by atoms with Gasteiger partial charge in [0, 0.05) is 18.5 Å². The molecule has 0 radical (unpaired) electrons. The Labute approximate surface area is 156 Å². The topological polar surface area (TPSA) is 66.1 Å². The summed E-state index contributed by atoms with van der Waals surface area (Å²) in [6, 6.07) is 0. The second kappa shape index (κ2) is 7.59. The number of nitrogens with one attached hydrogen (secondary N) is 1. The maximum atomic E-state index is 12.3. The summed E-state index contributed by atoms with van der Waals surface area (Å²) in [5.74, 6) is 0.472. The van der Waals surface area contributed by atoms with Gasteiger partial charge < -0.3 is 9.88 Å². The summed E-state index contributed by atoms with van der Waals surface area (Å²) < 4.78 is 36.6. The predicted molar refractivity (Wildman–Crippen MR) is 96.7 cm³/mol. The Kier molecular flexibility index (Phi) is 5.61. The molecule has 0 saturated carbocycles. The average Bonchev–Trinajstić information content (AvgIpc) is 3.12. The number of rotatable bonds is 6. The van der Waals surface area contributed by atoms with Crippen LogP contribution < -0.4 is 5.56 Å². The van der Waals surface area contributed by atoms with Crippen molar-refractivity contribution in [2.24, 2.45) is 0 Å². The fourth-order valence-electron chi connectivity index (χ4n) is 2.88. The quantitative estimate of drug-likeness (QED) is 0.802. The van der Waals surface area contributed by atoms with Crippen molar-refractivity contribution in [3.63, 3.8) is 0 Å². The van der Waals surface area contributed by atoms with Crippen LogP contribution >= 0.6 is 23.1 Å². The van der Waals surface area contributed by atoms with Crippen molar-refractivity contribution in [3.05, 3.63) is 26.6 Å². The molecule has 5 nitrogen and oxygen atoms in total. The molecular weight excluding hydrogens is 387 g/mol. The molecule has 0 atom stereocenters. The van der Waals surface area contributed by atoms with E-state index in [1.807, 2.05) is 0 Å². The molecule has 3 rings (SSSR count). The zero-order chi connectivity index (χ0) is 18.9. The van der Waals surface area contributed by atoms with Gasteiger partial charge in [-0.25, -0.2) is 4.98 Å². The van der Waals surface area contributed by atoms with Crippen molar-refractivity contribution >= 4 is 39.2 Å². The molecule has 26 heavy (non-hydrogen) atoms. The first-order chi connectivity index (χ1) is 12.2. The maximum absolute atomic E-state index is 12.3. The molecule has 1 aliphatic rings. The van der Waals surface area contributed by atoms with E-state index in [-0.39, 0.29) is 23.8 Å². The van der Waals surface area contributed by atoms with Gasteiger partial charge >= 0.3 is 6.18 Å². The number of fused-ring (bicyclic) bond motifs is 3. The van der Waals surface area contributed by atoms with E-state index in [9.17, 15) is 22.8 Å². The minimum Gasteiger partial charge on any atom is -0.345 e. The number of nitrogens with zero attached hydrogens (tertiary/aromatic N) is 2. The molecule has 0 unspecified atom stereocenters. The van der Waals surface area contributed by atoms with Crippen LogP contribution in [0.15, 0.2) is 4.79 Å². The number of carbonyl (C=O) groups is 1. The minimum absolute atomic E-state index is 0.0387. The van der Waals surface area contributed by atoms with Crippen LogP contribution in [0.3, 0.4) is 0 Å². The Balaban J connectivity index is 1.57. The summed E-state index contributed by atoms with van der Waals surface area (Å²) in [6.45, 7) is -0.356. The Hall–Kier alpha value is -1.55. The smallest absolute Gasteiger partial charge is 0.345 e. The first kappa shape index (κ1) is 19.2. The molecule has 2 heterocycles. The van der Waals surface area contributed by atoms with E-state index in [1.165, 1.54) is 23.7 Å². The largest absolute Gasteiger partial charge is 0.390 e. The van der Waals surface area contributed by atoms with Crippen molar-refractivity contribution in [1.29, 1.82) is 0 Å². The van der Waals surface area contributed by atoms with Gasteiger partial charge in [0.1, 0.15) is 10.7 Å². The first-order valence-electron chi connectivity index (χ1n) is 8.16. The molecule has 2 aromatic rings. The Morgan fingerprint density at radius 3 is 2.88 bits per heavy atom. The Morgan fingerprint density at radius 1 is 1.38 bits per heavy atom. The number of thiophene rings is 1. The summed E-state index contributed by atoms with van der Waals surface area (Å²) in [5.41, 5.74) is 0.957. The predicted octanol–water partition coefficient (Wildman–Crippen LogP) is 3.12. The normalized spacial score (nSPS) is 14.0. The van der Waals surface area contributed by atoms with Crippen LogP contribution in [-0.4, -0.2) is 46.3 Å². The third kappa shape index (κ3) is 4.40. The zero-order valence-electron chi connectivity index (χ0n) is 14.1. The van der Waals surface area contributed by atoms with E-state index in [1.54, 1.807) is 11.3 Å². The highest BCUT2D eigenvalue weighted by Gasteiger charge is 2.28. The summed E-state index contributed by atoms with van der Waals surface area (Å²) in [4.78, 5) is 34.5. The van der Waals surface area contributed by atoms with Gasteiger partial charge in [-0.3, -0.25) is 9.59 Å². The molecule has 2 aromatic heterocycles. The second-order valence-electron chi connectivity index (χ2n) is 6.22. The second-order valence-corrected chi connectivity index (χ2v) is 8.29. The Morgan fingerprint density at radius 2 is 2.15 bits per heavy atom. The van der Waals surface area contributed by atoms with E-state index in [2.05, 4.69) is 9.97 Å². The highest BCUT2D eigenvalue weighted by atomic mass is 32.2. The summed E-state index contributed by atoms with van der Waals surface area (Å²) in [7, 11) is 1.36. The molecular formula is C16H18F3N3O2S2. The fraction of sp³-hybridized carbons (Fsp3) is 0.562. The van der Waals surface area contributed by atoms with Gasteiger partial charge in [0.25, 0.3) is 5.56 Å². The first-order valence-corrected chi connectivity index (χ1v) is 10.1. The van der Waals surface area contributed by atoms with Crippen LogP contribution in [0.25, 0.3) is 10.2 Å². The number of halogens is 3. The number of carbonyl (C=O) groups excluding carboxylic acids is 1. The van der Waals surface area contributed by atoms with Crippen molar-refractivity contribution in [3.8, 4) is 0 Å². The van der Waals surface area contributed by atoms with Gasteiger partial charge in [0.15, 0.2) is 0 Å². The zero-order valence-corrected chi connectivity index (χ0v) is 15.7. The molecule has 1 N–H and O–H groups in total. The van der Waals surface area contributed by atoms with Crippen LogP contribution in [0, 0.1) is 0 Å². The van der Waals surface area contributed by atoms with Crippen molar-refractivity contribution < 1.29 is 18.0 Å². The molecule has 1 aliphatic carbocycles. The van der Waals surface area contributed by atoms with Gasteiger partial charge in [0.05, 0.1) is 23.3 Å². The lowest BCUT2D eigenvalue weighted by molar-refractivity contribution is -0.142. The average molecular weight is 405 g/mol. The molecule has 0 fully saturated rings. The number of H-pyrrole nitrogens is 1. The minimum atomic E-state index is -4.28. The van der Waals surface area contributed by atoms with Gasteiger partial charge in [-0.15, -0.1) is 23.1 Å². The lowest BCUT2D eigenvalue weighted by Crippen LogP contribution is -2.31. The molecule has 0 aliphatic heterocycles. The molecule has 0 spiro atoms. The van der Waals surface area contributed by atoms with Crippen LogP contribution in [0.2, 0.25) is 0 Å². The van der Waals surface area contributed by atoms with E-state index in [0.717, 1.165) is 34.6 Å². The van der Waals surface area contributed by atoms with Crippen molar-refractivity contribution in [2.75, 3.05) is 19.3 Å². The number of amides is 1. The van der Waals surface area contributed by atoms with E-state index in [4.69, 9.17) is 0 Å². The molecule has 0 aromatic carbocycles. The lowest BCUT2D eigenvalue weighted by Gasteiger charge is -2.17. The molecule has 0 bridgehead atoms. The standard InChI is InChI=1S/C16H18F3N3O2S2/c1-22(6-5-16(17,18)19)12(23)8-25-7-11-20-14(24)13-9-3-2-4-10(9)26-15(13)21-11/h2-8H2,1H3,(H,20,21,24). The van der Waals surface area contributed by atoms with Crippen molar-refractivity contribution in [1.82, 2.24) is 14.9 Å². The number of hydrogen-bond donors (Lipinski definition) is 1. The highest BCUT2D eigenvalue weighted by molar-refractivity contribution is 7.99. The monoisotopic (exact) mass is 405 g/mol. The summed E-state index contributed by atoms with van der Waals surface area (Å²) >= 11 is 2.77. The Bertz CT molecular complexity index is 876. The fourth-order valence-corrected chi connectivity index (χ4v) is 4.99. The molecule has 1 amide bonds. The SMILES string of the molecule is CN(CCC(F)(F)F)C(=O)CSCc1nc2sc3c(c2c(=O)[nH]1)CCC3. The van der Waals surface area contributed by atoms with Crippen LogP contribution in [0.4, 0.5) is 13.2 Å². The molecule has 10 heteroatoms. The molecule has 142 valence electrons. The van der Waals surface area contributed by atoms with Crippen molar-refractivity contribution in [2.45, 2.75) is 37.6 Å².